The Morgan fingerprint density at radius 2 is 1.28 bits per heavy atom. The molecule has 0 aliphatic rings. The fourth-order valence-electron chi connectivity index (χ4n) is 2.03. The molecule has 1 aromatic carbocycles. The van der Waals surface area contributed by atoms with Crippen LogP contribution >= 0.6 is 0 Å². The summed E-state index contributed by atoms with van der Waals surface area (Å²) in [7, 11) is -3.99. The van der Waals surface area contributed by atoms with Gasteiger partial charge in [0.2, 0.25) is 0 Å². The predicted molar refractivity (Wildman–Crippen MR) is 81.0 cm³/mol. The lowest BCUT2D eigenvalue weighted by Gasteiger charge is -2.26. The first kappa shape index (κ1) is 20.7. The van der Waals surface area contributed by atoms with Crippen molar-refractivity contribution in [3.8, 4) is 0 Å². The van der Waals surface area contributed by atoms with Crippen molar-refractivity contribution in [1.29, 1.82) is 0 Å². The van der Waals surface area contributed by atoms with Gasteiger partial charge in [0.25, 0.3) is 17.9 Å². The second-order valence-corrected chi connectivity index (χ2v) is 7.64. The van der Waals surface area contributed by atoms with E-state index in [-0.39, 0.29) is 12.5 Å². The molecule has 0 atom stereocenters. The molecule has 0 aromatic heterocycles. The number of halogens is 3. The van der Waals surface area contributed by atoms with Gasteiger partial charge >= 0.3 is 15.0 Å². The first-order valence-corrected chi connectivity index (χ1v) is 9.11. The van der Waals surface area contributed by atoms with Crippen molar-refractivity contribution in [3.63, 3.8) is 0 Å². The van der Waals surface area contributed by atoms with E-state index < -0.39 is 38.5 Å². The molecule has 0 aliphatic heterocycles. The van der Waals surface area contributed by atoms with E-state index >= 15 is 0 Å². The first-order valence-electron chi connectivity index (χ1n) is 7.18. The quantitative estimate of drug-likeness (QED) is 0.709. The van der Waals surface area contributed by atoms with Crippen LogP contribution in [0.2, 0.25) is 6.04 Å². The smallest absolute Gasteiger partial charge is 0.455 e. The Kier molecular flexibility index (Phi) is 6.74. The fraction of sp³-hybridized carbons (Fsp3) is 0.400. The Labute approximate surface area is 143 Å². The van der Waals surface area contributed by atoms with Crippen molar-refractivity contribution < 1.29 is 40.8 Å². The molecule has 0 N–H and O–H groups in total. The molecule has 0 saturated carbocycles. The lowest BCUT2D eigenvalue weighted by Crippen LogP contribution is -2.49. The second kappa shape index (κ2) is 8.14. The van der Waals surface area contributed by atoms with Gasteiger partial charge < -0.3 is 13.3 Å². The summed E-state index contributed by atoms with van der Waals surface area (Å²) >= 11 is 0. The predicted octanol–water partition coefficient (Wildman–Crippen LogP) is 2.88. The van der Waals surface area contributed by atoms with Gasteiger partial charge in [0.1, 0.15) is 0 Å². The Hall–Kier alpha value is -2.36. The Bertz CT molecular complexity index is 601. The van der Waals surface area contributed by atoms with Gasteiger partial charge in [0.05, 0.1) is 11.6 Å². The Balaban J connectivity index is 2.98. The van der Waals surface area contributed by atoms with E-state index in [0.29, 0.717) is 5.56 Å². The fourth-order valence-corrected chi connectivity index (χ4v) is 4.37. The zero-order valence-corrected chi connectivity index (χ0v) is 14.8. The van der Waals surface area contributed by atoms with E-state index in [1.54, 1.807) is 0 Å². The molecule has 0 aliphatic carbocycles. The van der Waals surface area contributed by atoms with E-state index in [9.17, 15) is 27.6 Å². The van der Waals surface area contributed by atoms with Crippen molar-refractivity contribution in [2.75, 3.05) is 0 Å². The number of rotatable bonds is 6. The van der Waals surface area contributed by atoms with E-state index in [0.717, 1.165) is 32.9 Å². The highest BCUT2D eigenvalue weighted by Gasteiger charge is 2.51. The molecular formula is C15H17F3O6Si. The molecule has 1 aromatic rings. The molecule has 0 radical (unpaired) electrons. The van der Waals surface area contributed by atoms with Crippen LogP contribution in [0.3, 0.4) is 0 Å². The van der Waals surface area contributed by atoms with E-state index in [1.165, 1.54) is 12.1 Å². The molecule has 0 fully saturated rings. The lowest BCUT2D eigenvalue weighted by molar-refractivity contribution is -0.148. The van der Waals surface area contributed by atoms with Gasteiger partial charge in [-0.25, -0.2) is 0 Å². The van der Waals surface area contributed by atoms with Crippen molar-refractivity contribution in [1.82, 2.24) is 0 Å². The molecule has 10 heteroatoms. The van der Waals surface area contributed by atoms with Gasteiger partial charge in [-0.2, -0.15) is 13.2 Å². The van der Waals surface area contributed by atoms with Gasteiger partial charge in [-0.15, -0.1) is 0 Å². The first-order chi connectivity index (χ1) is 11.4. The molecule has 0 spiro atoms. The second-order valence-electron chi connectivity index (χ2n) is 5.16. The molecule has 138 valence electrons. The maximum atomic E-state index is 12.6. The number of hydrogen-bond donors (Lipinski definition) is 0. The molecule has 25 heavy (non-hydrogen) atoms. The van der Waals surface area contributed by atoms with Crippen LogP contribution < -0.4 is 0 Å². The van der Waals surface area contributed by atoms with Crippen LogP contribution in [0.25, 0.3) is 0 Å². The molecule has 0 heterocycles. The summed E-state index contributed by atoms with van der Waals surface area (Å²) in [5.74, 6) is -2.41. The maximum Gasteiger partial charge on any atom is 0.705 e. The largest absolute Gasteiger partial charge is 0.705 e. The van der Waals surface area contributed by atoms with Crippen LogP contribution in [-0.2, 0) is 40.3 Å². The van der Waals surface area contributed by atoms with Gasteiger partial charge in [0.15, 0.2) is 0 Å². The number of alkyl halides is 3. The highest BCUT2D eigenvalue weighted by Crippen LogP contribution is 2.29. The van der Waals surface area contributed by atoms with E-state index in [4.69, 9.17) is 13.3 Å². The summed E-state index contributed by atoms with van der Waals surface area (Å²) in [6.45, 7) is 3.19. The maximum absolute atomic E-state index is 12.6. The average Bonchev–Trinajstić information content (AvgIpc) is 2.42. The van der Waals surface area contributed by atoms with Crippen LogP contribution in [0.4, 0.5) is 13.2 Å². The minimum absolute atomic E-state index is 0.0815. The third kappa shape index (κ3) is 6.95. The van der Waals surface area contributed by atoms with Gasteiger partial charge in [-0.05, 0) is 24.1 Å². The monoisotopic (exact) mass is 378 g/mol. The Morgan fingerprint density at radius 3 is 1.60 bits per heavy atom. The van der Waals surface area contributed by atoms with Crippen LogP contribution in [0, 0.1) is 0 Å². The zero-order chi connectivity index (χ0) is 19.3. The van der Waals surface area contributed by atoms with Crippen molar-refractivity contribution in [3.05, 3.63) is 35.4 Å². The molecule has 1 rings (SSSR count). The summed E-state index contributed by atoms with van der Waals surface area (Å²) < 4.78 is 52.7. The molecule has 0 unspecified atom stereocenters. The number of carbonyl (C=O) groups excluding carboxylic acids is 3. The molecule has 0 saturated heterocycles. The SMILES string of the molecule is CC(=O)O[Si](CCc1ccc(C(F)(F)F)cc1)(OC(C)=O)OC(C)=O. The third-order valence-corrected chi connectivity index (χ3v) is 5.56. The van der Waals surface area contributed by atoms with Crippen molar-refractivity contribution in [2.24, 2.45) is 0 Å². The number of aryl methyl sites for hydroxylation is 1. The lowest BCUT2D eigenvalue weighted by atomic mass is 10.1. The summed E-state index contributed by atoms with van der Waals surface area (Å²) in [6, 6.07) is 4.16. The molecule has 0 amide bonds. The summed E-state index contributed by atoms with van der Waals surface area (Å²) in [6.07, 6.45) is -4.37. The topological polar surface area (TPSA) is 78.9 Å². The summed E-state index contributed by atoms with van der Waals surface area (Å²) in [4.78, 5) is 33.9. The van der Waals surface area contributed by atoms with Crippen molar-refractivity contribution in [2.45, 2.75) is 39.4 Å². The standard InChI is InChI=1S/C15H17F3O6Si/c1-10(19)22-25(23-11(2)20,24-12(3)21)9-8-13-4-6-14(7-5-13)15(16,17)18/h4-7H,8-9H2,1-3H3. The van der Waals surface area contributed by atoms with Gasteiger partial charge in [0, 0.05) is 20.8 Å². The highest BCUT2D eigenvalue weighted by atomic mass is 28.4. The van der Waals surface area contributed by atoms with Gasteiger partial charge in [-0.1, -0.05) is 12.1 Å². The minimum atomic E-state index is -4.45. The van der Waals surface area contributed by atoms with Crippen LogP contribution in [0.15, 0.2) is 24.3 Å². The molecular weight excluding hydrogens is 361 g/mol. The Morgan fingerprint density at radius 1 is 0.880 bits per heavy atom. The number of hydrogen-bond acceptors (Lipinski definition) is 6. The highest BCUT2D eigenvalue weighted by molar-refractivity contribution is 6.65. The van der Waals surface area contributed by atoms with Crippen LogP contribution in [0.5, 0.6) is 0 Å². The minimum Gasteiger partial charge on any atom is -0.455 e. The van der Waals surface area contributed by atoms with Crippen LogP contribution in [-0.4, -0.2) is 26.7 Å². The average molecular weight is 378 g/mol. The third-order valence-electron chi connectivity index (χ3n) is 2.90. The normalized spacial score (nSPS) is 11.6. The number of benzene rings is 1. The van der Waals surface area contributed by atoms with Gasteiger partial charge in [-0.3, -0.25) is 14.4 Å². The molecule has 6 nitrogen and oxygen atoms in total. The van der Waals surface area contributed by atoms with E-state index in [2.05, 4.69) is 0 Å². The van der Waals surface area contributed by atoms with Crippen molar-refractivity contribution >= 4 is 26.7 Å². The van der Waals surface area contributed by atoms with E-state index in [1.807, 2.05) is 0 Å². The summed E-state index contributed by atoms with van der Waals surface area (Å²) in [5.41, 5.74) is -0.337. The molecule has 0 bridgehead atoms. The summed E-state index contributed by atoms with van der Waals surface area (Å²) in [5, 5.41) is 0. The zero-order valence-electron chi connectivity index (χ0n) is 13.8. The van der Waals surface area contributed by atoms with Crippen LogP contribution in [0.1, 0.15) is 31.9 Å². The number of carbonyl (C=O) groups is 3.